The van der Waals surface area contributed by atoms with Gasteiger partial charge in [0.1, 0.15) is 6.61 Å². The normalized spacial score (nSPS) is 10.3. The Hall–Kier alpha value is -2.36. The molecule has 0 aromatic heterocycles. The summed E-state index contributed by atoms with van der Waals surface area (Å²) in [6.45, 7) is 3.01. The molecule has 0 spiro atoms. The van der Waals surface area contributed by atoms with E-state index >= 15 is 0 Å². The Morgan fingerprint density at radius 3 is 2.19 bits per heavy atom. The van der Waals surface area contributed by atoms with Crippen LogP contribution in [0.15, 0.2) is 24.3 Å². The molecule has 0 fully saturated rings. The first-order chi connectivity index (χ1) is 12.6. The number of benzene rings is 1. The highest BCUT2D eigenvalue weighted by Crippen LogP contribution is 2.05. The fourth-order valence-corrected chi connectivity index (χ4v) is 1.83. The zero-order valence-corrected chi connectivity index (χ0v) is 15.0. The highest BCUT2D eigenvalue weighted by atomic mass is 16.6. The topological polar surface area (TPSA) is 121 Å². The zero-order chi connectivity index (χ0) is 19.0. The minimum absolute atomic E-state index is 0.185. The molecule has 0 bridgehead atoms. The third-order valence-corrected chi connectivity index (χ3v) is 3.09. The van der Waals surface area contributed by atoms with Gasteiger partial charge < -0.3 is 35.3 Å². The summed E-state index contributed by atoms with van der Waals surface area (Å²) in [5.74, 6) is -0.185. The summed E-state index contributed by atoms with van der Waals surface area (Å²) in [6.07, 6.45) is -0.480. The van der Waals surface area contributed by atoms with Gasteiger partial charge in [-0.05, 0) is 18.2 Å². The number of amides is 2. The van der Waals surface area contributed by atoms with Crippen molar-refractivity contribution in [1.29, 1.82) is 0 Å². The molecule has 0 unspecified atom stereocenters. The highest BCUT2D eigenvalue weighted by molar-refractivity contribution is 5.94. The van der Waals surface area contributed by atoms with Crippen LogP contribution in [0.4, 0.5) is 10.5 Å². The maximum atomic E-state index is 11.8. The van der Waals surface area contributed by atoms with Crippen molar-refractivity contribution in [1.82, 2.24) is 10.6 Å². The SMILES string of the molecule is CNC(=O)OCCOCCOCCOCCNC(=O)c1cccc(N)c1. The second-order valence-corrected chi connectivity index (χ2v) is 5.10. The Kier molecular flexibility index (Phi) is 11.6. The average molecular weight is 369 g/mol. The molecule has 9 nitrogen and oxygen atoms in total. The average Bonchev–Trinajstić information content (AvgIpc) is 2.65. The van der Waals surface area contributed by atoms with E-state index in [2.05, 4.69) is 10.6 Å². The summed E-state index contributed by atoms with van der Waals surface area (Å²) in [6, 6.07) is 6.78. The lowest BCUT2D eigenvalue weighted by Crippen LogP contribution is -2.27. The predicted molar refractivity (Wildman–Crippen MR) is 96.1 cm³/mol. The van der Waals surface area contributed by atoms with Crippen LogP contribution in [0.2, 0.25) is 0 Å². The van der Waals surface area contributed by atoms with Crippen LogP contribution in [0.25, 0.3) is 0 Å². The Morgan fingerprint density at radius 1 is 0.962 bits per heavy atom. The van der Waals surface area contributed by atoms with Crippen molar-refractivity contribution in [2.75, 3.05) is 65.6 Å². The van der Waals surface area contributed by atoms with Crippen molar-refractivity contribution in [3.63, 3.8) is 0 Å². The van der Waals surface area contributed by atoms with Crippen LogP contribution < -0.4 is 16.4 Å². The van der Waals surface area contributed by atoms with Gasteiger partial charge in [0.05, 0.1) is 39.6 Å². The van der Waals surface area contributed by atoms with E-state index in [4.69, 9.17) is 24.7 Å². The minimum Gasteiger partial charge on any atom is -0.447 e. The molecule has 0 aliphatic heterocycles. The zero-order valence-electron chi connectivity index (χ0n) is 15.0. The molecule has 1 aromatic carbocycles. The Bertz CT molecular complexity index is 541. The van der Waals surface area contributed by atoms with Crippen LogP contribution in [0.3, 0.4) is 0 Å². The van der Waals surface area contributed by atoms with Crippen LogP contribution in [0.1, 0.15) is 10.4 Å². The van der Waals surface area contributed by atoms with Crippen molar-refractivity contribution in [3.8, 4) is 0 Å². The number of alkyl carbamates (subject to hydrolysis) is 1. The van der Waals surface area contributed by atoms with Crippen LogP contribution in [-0.2, 0) is 18.9 Å². The summed E-state index contributed by atoms with van der Waals surface area (Å²) in [5, 5.41) is 5.09. The van der Waals surface area contributed by atoms with Gasteiger partial charge in [-0.1, -0.05) is 6.07 Å². The molecule has 146 valence electrons. The number of nitrogens with two attached hydrogens (primary N) is 1. The summed E-state index contributed by atoms with van der Waals surface area (Å²) in [5.41, 5.74) is 6.70. The number of anilines is 1. The van der Waals surface area contributed by atoms with Gasteiger partial charge in [-0.2, -0.15) is 0 Å². The van der Waals surface area contributed by atoms with Crippen molar-refractivity contribution in [2.24, 2.45) is 0 Å². The lowest BCUT2D eigenvalue weighted by molar-refractivity contribution is 0.00631. The van der Waals surface area contributed by atoms with E-state index in [0.29, 0.717) is 57.4 Å². The van der Waals surface area contributed by atoms with Gasteiger partial charge in [0.15, 0.2) is 0 Å². The molecule has 2 amide bonds. The number of ether oxygens (including phenoxy) is 4. The molecule has 26 heavy (non-hydrogen) atoms. The van der Waals surface area contributed by atoms with E-state index in [-0.39, 0.29) is 12.5 Å². The number of hydrogen-bond acceptors (Lipinski definition) is 7. The van der Waals surface area contributed by atoms with Gasteiger partial charge in [-0.3, -0.25) is 4.79 Å². The molecule has 1 aromatic rings. The molecule has 0 aliphatic rings. The third kappa shape index (κ3) is 10.5. The smallest absolute Gasteiger partial charge is 0.406 e. The molecular formula is C17H27N3O6. The molecule has 9 heteroatoms. The van der Waals surface area contributed by atoms with Gasteiger partial charge in [0.2, 0.25) is 0 Å². The maximum absolute atomic E-state index is 11.8. The maximum Gasteiger partial charge on any atom is 0.406 e. The van der Waals surface area contributed by atoms with Crippen molar-refractivity contribution in [2.45, 2.75) is 0 Å². The number of rotatable bonds is 13. The highest BCUT2D eigenvalue weighted by Gasteiger charge is 2.04. The van der Waals surface area contributed by atoms with Gasteiger partial charge in [-0.15, -0.1) is 0 Å². The molecule has 0 heterocycles. The largest absolute Gasteiger partial charge is 0.447 e. The first kappa shape index (κ1) is 21.7. The quantitative estimate of drug-likeness (QED) is 0.340. The number of carbonyl (C=O) groups excluding carboxylic acids is 2. The predicted octanol–water partition coefficient (Wildman–Crippen LogP) is 0.404. The molecule has 4 N–H and O–H groups in total. The number of carbonyl (C=O) groups is 2. The van der Waals surface area contributed by atoms with Gasteiger partial charge in [0, 0.05) is 24.8 Å². The van der Waals surface area contributed by atoms with Crippen molar-refractivity contribution < 1.29 is 28.5 Å². The number of nitrogen functional groups attached to an aromatic ring is 1. The van der Waals surface area contributed by atoms with E-state index < -0.39 is 6.09 Å². The van der Waals surface area contributed by atoms with Gasteiger partial charge in [0.25, 0.3) is 5.91 Å². The number of nitrogens with one attached hydrogen (secondary N) is 2. The summed E-state index contributed by atoms with van der Waals surface area (Å²) in [7, 11) is 1.49. The summed E-state index contributed by atoms with van der Waals surface area (Å²) < 4.78 is 20.7. The molecule has 0 atom stereocenters. The number of hydrogen-bond donors (Lipinski definition) is 3. The van der Waals surface area contributed by atoms with Crippen LogP contribution >= 0.6 is 0 Å². The van der Waals surface area contributed by atoms with E-state index in [9.17, 15) is 9.59 Å². The molecule has 1 rings (SSSR count). The van der Waals surface area contributed by atoms with E-state index in [1.807, 2.05) is 0 Å². The van der Waals surface area contributed by atoms with E-state index in [1.54, 1.807) is 24.3 Å². The van der Waals surface area contributed by atoms with Crippen LogP contribution in [0, 0.1) is 0 Å². The standard InChI is InChI=1S/C17H27N3O6/c1-19-17(22)26-12-11-25-10-9-24-8-7-23-6-5-20-16(21)14-3-2-4-15(18)13-14/h2-4,13H,5-12,18H2,1H3,(H,19,22)(H,20,21). The van der Waals surface area contributed by atoms with Gasteiger partial charge >= 0.3 is 6.09 Å². The first-order valence-corrected chi connectivity index (χ1v) is 8.35. The monoisotopic (exact) mass is 369 g/mol. The molecule has 0 saturated heterocycles. The molecule has 0 aliphatic carbocycles. The second kappa shape index (κ2) is 13.9. The molecule has 0 saturated carbocycles. The van der Waals surface area contributed by atoms with Crippen LogP contribution in [-0.4, -0.2) is 71.8 Å². The van der Waals surface area contributed by atoms with Crippen molar-refractivity contribution in [3.05, 3.63) is 29.8 Å². The van der Waals surface area contributed by atoms with Crippen molar-refractivity contribution >= 4 is 17.7 Å². The molecular weight excluding hydrogens is 342 g/mol. The lowest BCUT2D eigenvalue weighted by atomic mass is 10.2. The fraction of sp³-hybridized carbons (Fsp3) is 0.529. The van der Waals surface area contributed by atoms with E-state index in [0.717, 1.165) is 0 Å². The summed E-state index contributed by atoms with van der Waals surface area (Å²) >= 11 is 0. The summed E-state index contributed by atoms with van der Waals surface area (Å²) in [4.78, 5) is 22.6. The minimum atomic E-state index is -0.480. The van der Waals surface area contributed by atoms with Gasteiger partial charge in [-0.25, -0.2) is 4.79 Å². The first-order valence-electron chi connectivity index (χ1n) is 8.35. The lowest BCUT2D eigenvalue weighted by Gasteiger charge is -2.08. The Morgan fingerprint density at radius 2 is 1.58 bits per heavy atom. The second-order valence-electron chi connectivity index (χ2n) is 5.10. The fourth-order valence-electron chi connectivity index (χ4n) is 1.83. The Balaban J connectivity index is 1.86. The molecule has 0 radical (unpaired) electrons. The van der Waals surface area contributed by atoms with Crippen LogP contribution in [0.5, 0.6) is 0 Å². The van der Waals surface area contributed by atoms with E-state index in [1.165, 1.54) is 7.05 Å². The Labute approximate surface area is 153 Å². The third-order valence-electron chi connectivity index (χ3n) is 3.09.